The van der Waals surface area contributed by atoms with Crippen molar-refractivity contribution in [3.05, 3.63) is 0 Å². The number of hydrogen-bond acceptors (Lipinski definition) is 2. The Labute approximate surface area is 46.4 Å². The van der Waals surface area contributed by atoms with E-state index in [9.17, 15) is 0 Å². The first-order valence-electron chi connectivity index (χ1n) is 2.36. The molecule has 1 aliphatic rings. The molecule has 1 N–H and O–H groups in total. The zero-order chi connectivity index (χ0) is 5.28. The zero-order valence-electron chi connectivity index (χ0n) is 4.48. The third-order valence-electron chi connectivity index (χ3n) is 1.10. The molecule has 1 heterocycles. The molecule has 0 aliphatic carbocycles. The molecule has 0 aromatic rings. The number of rotatable bonds is 0. The second-order valence-electron chi connectivity index (χ2n) is 1.91. The summed E-state index contributed by atoms with van der Waals surface area (Å²) in [4.78, 5) is 2.20. The fraction of sp³-hybridized carbons (Fsp3) is 1.00. The predicted octanol–water partition coefficient (Wildman–Crippen LogP) is 0.270. The molecule has 1 saturated heterocycles. The number of nitrogens with one attached hydrogen (secondary N) is 1. The van der Waals surface area contributed by atoms with Crippen molar-refractivity contribution in [2.75, 3.05) is 25.2 Å². The molecule has 0 aromatic heterocycles. The van der Waals surface area contributed by atoms with Crippen LogP contribution in [0.2, 0.25) is 0 Å². The number of hydrogen-bond donors (Lipinski definition) is 1. The Balaban J connectivity index is 2.40. The van der Waals surface area contributed by atoms with Crippen LogP contribution in [0.1, 0.15) is 0 Å². The van der Waals surface area contributed by atoms with E-state index in [0.29, 0.717) is 0 Å². The van der Waals surface area contributed by atoms with Crippen molar-refractivity contribution in [2.45, 2.75) is 0 Å². The van der Waals surface area contributed by atoms with E-state index in [1.807, 2.05) is 0 Å². The summed E-state index contributed by atoms with van der Waals surface area (Å²) >= 11 is 0. The second-order valence-corrected chi connectivity index (χ2v) is 3.56. The standard InChI is InChI=1S/C4H10N2S/c1-6-2-3-7(5)4-6/h5H,2-4H2,1H3. The van der Waals surface area contributed by atoms with E-state index in [1.54, 1.807) is 0 Å². The molecule has 7 heavy (non-hydrogen) atoms. The van der Waals surface area contributed by atoms with Crippen LogP contribution in [-0.4, -0.2) is 30.1 Å². The largest absolute Gasteiger partial charge is 0.295 e. The van der Waals surface area contributed by atoms with Crippen LogP contribution in [0.3, 0.4) is 0 Å². The summed E-state index contributed by atoms with van der Waals surface area (Å²) in [7, 11) is 2.04. The summed E-state index contributed by atoms with van der Waals surface area (Å²) in [6.07, 6.45) is 0. The minimum Gasteiger partial charge on any atom is -0.295 e. The van der Waals surface area contributed by atoms with E-state index in [-0.39, 0.29) is 10.7 Å². The molecule has 0 amide bonds. The van der Waals surface area contributed by atoms with Crippen molar-refractivity contribution in [1.29, 1.82) is 4.78 Å². The molecule has 1 rings (SSSR count). The molecule has 2 nitrogen and oxygen atoms in total. The van der Waals surface area contributed by atoms with Gasteiger partial charge >= 0.3 is 0 Å². The van der Waals surface area contributed by atoms with E-state index in [0.717, 1.165) is 18.2 Å². The minimum atomic E-state index is -0.0270. The zero-order valence-corrected chi connectivity index (χ0v) is 5.29. The van der Waals surface area contributed by atoms with Crippen molar-refractivity contribution < 1.29 is 0 Å². The van der Waals surface area contributed by atoms with Gasteiger partial charge in [0.2, 0.25) is 0 Å². The minimum absolute atomic E-state index is 0.0270. The van der Waals surface area contributed by atoms with Crippen LogP contribution in [0, 0.1) is 4.78 Å². The first-order valence-corrected chi connectivity index (χ1v) is 3.92. The van der Waals surface area contributed by atoms with Crippen LogP contribution in [0.4, 0.5) is 0 Å². The molecule has 1 fully saturated rings. The fourth-order valence-corrected chi connectivity index (χ4v) is 1.98. The molecule has 0 spiro atoms. The maximum absolute atomic E-state index is 7.25. The van der Waals surface area contributed by atoms with Crippen molar-refractivity contribution in [1.82, 2.24) is 4.90 Å². The van der Waals surface area contributed by atoms with Gasteiger partial charge in [-0.3, -0.25) is 9.68 Å². The predicted molar refractivity (Wildman–Crippen MR) is 32.4 cm³/mol. The van der Waals surface area contributed by atoms with Gasteiger partial charge in [0.05, 0.1) is 5.88 Å². The fourth-order valence-electron chi connectivity index (χ4n) is 0.661. The third-order valence-corrected chi connectivity index (χ3v) is 2.52. The SMILES string of the molecule is CN1CCS(=N)C1. The Bertz CT molecular complexity index is 91.7. The monoisotopic (exact) mass is 118 g/mol. The first-order chi connectivity index (χ1) is 3.29. The molecule has 0 bridgehead atoms. The molecular weight excluding hydrogens is 108 g/mol. The maximum atomic E-state index is 7.25. The quantitative estimate of drug-likeness (QED) is 0.485. The lowest BCUT2D eigenvalue weighted by Gasteiger charge is -2.00. The van der Waals surface area contributed by atoms with Gasteiger partial charge in [-0.05, 0) is 7.05 Å². The summed E-state index contributed by atoms with van der Waals surface area (Å²) < 4.78 is 7.25. The summed E-state index contributed by atoms with van der Waals surface area (Å²) in [5, 5.41) is 0. The molecule has 0 saturated carbocycles. The van der Waals surface area contributed by atoms with Crippen LogP contribution in [-0.2, 0) is 10.7 Å². The Kier molecular flexibility index (Phi) is 1.44. The molecule has 1 aliphatic heterocycles. The van der Waals surface area contributed by atoms with Crippen molar-refractivity contribution in [3.8, 4) is 0 Å². The molecule has 1 unspecified atom stereocenters. The van der Waals surface area contributed by atoms with Gasteiger partial charge in [0, 0.05) is 12.3 Å². The van der Waals surface area contributed by atoms with Crippen molar-refractivity contribution in [3.63, 3.8) is 0 Å². The van der Waals surface area contributed by atoms with Gasteiger partial charge < -0.3 is 0 Å². The highest BCUT2D eigenvalue weighted by Crippen LogP contribution is 1.98. The highest BCUT2D eigenvalue weighted by molar-refractivity contribution is 7.86. The van der Waals surface area contributed by atoms with E-state index in [2.05, 4.69) is 11.9 Å². The molecule has 0 radical (unpaired) electrons. The lowest BCUT2D eigenvalue weighted by atomic mass is 10.7. The van der Waals surface area contributed by atoms with Crippen LogP contribution in [0.25, 0.3) is 0 Å². The van der Waals surface area contributed by atoms with Crippen LogP contribution < -0.4 is 0 Å². The average Bonchev–Trinajstić information content (AvgIpc) is 1.87. The van der Waals surface area contributed by atoms with Gasteiger partial charge in [-0.2, -0.15) is 0 Å². The third kappa shape index (κ3) is 1.24. The highest BCUT2D eigenvalue weighted by atomic mass is 32.2. The van der Waals surface area contributed by atoms with Crippen molar-refractivity contribution >= 4 is 10.7 Å². The molecule has 1 atom stereocenters. The highest BCUT2D eigenvalue weighted by Gasteiger charge is 2.08. The Morgan fingerprint density at radius 1 is 1.71 bits per heavy atom. The second kappa shape index (κ2) is 1.92. The smallest absolute Gasteiger partial charge is 0.0547 e. The summed E-state index contributed by atoms with van der Waals surface area (Å²) in [5.74, 6) is 2.09. The van der Waals surface area contributed by atoms with Crippen molar-refractivity contribution in [2.24, 2.45) is 0 Å². The van der Waals surface area contributed by atoms with Gasteiger partial charge in [0.1, 0.15) is 0 Å². The van der Waals surface area contributed by atoms with Gasteiger partial charge in [-0.1, -0.05) is 10.7 Å². The summed E-state index contributed by atoms with van der Waals surface area (Å²) in [6, 6.07) is 0. The molecule has 0 aromatic carbocycles. The molecule has 42 valence electrons. The Hall–Kier alpha value is 0.110. The summed E-state index contributed by atoms with van der Waals surface area (Å²) in [5.41, 5.74) is 0. The molecule has 3 heteroatoms. The first kappa shape index (κ1) is 5.25. The van der Waals surface area contributed by atoms with E-state index in [4.69, 9.17) is 4.78 Å². The lowest BCUT2D eigenvalue weighted by Crippen LogP contribution is -2.12. The van der Waals surface area contributed by atoms with E-state index in [1.165, 1.54) is 0 Å². The average molecular weight is 118 g/mol. The van der Waals surface area contributed by atoms with E-state index < -0.39 is 0 Å². The molecular formula is C4H10N2S. The van der Waals surface area contributed by atoms with Gasteiger partial charge in [0.25, 0.3) is 0 Å². The van der Waals surface area contributed by atoms with Crippen LogP contribution >= 0.6 is 0 Å². The van der Waals surface area contributed by atoms with E-state index >= 15 is 0 Å². The lowest BCUT2D eigenvalue weighted by molar-refractivity contribution is 0.438. The van der Waals surface area contributed by atoms with Gasteiger partial charge in [0.15, 0.2) is 0 Å². The summed E-state index contributed by atoms with van der Waals surface area (Å²) in [6.45, 7) is 1.13. The Morgan fingerprint density at radius 3 is 2.57 bits per heavy atom. The number of nitrogens with zero attached hydrogens (tertiary/aromatic N) is 1. The van der Waals surface area contributed by atoms with Crippen LogP contribution in [0.15, 0.2) is 0 Å². The van der Waals surface area contributed by atoms with Crippen LogP contribution in [0.5, 0.6) is 0 Å². The normalized spacial score (nSPS) is 34.1. The van der Waals surface area contributed by atoms with Gasteiger partial charge in [-0.25, -0.2) is 0 Å². The Morgan fingerprint density at radius 2 is 2.43 bits per heavy atom. The maximum Gasteiger partial charge on any atom is 0.0547 e. The topological polar surface area (TPSA) is 27.1 Å². The van der Waals surface area contributed by atoms with Gasteiger partial charge in [-0.15, -0.1) is 0 Å².